The van der Waals surface area contributed by atoms with Gasteiger partial charge in [0.05, 0.1) is 0 Å². The maximum Gasteiger partial charge on any atom is 0.323 e. The summed E-state index contributed by atoms with van der Waals surface area (Å²) < 4.78 is 26.0. The molecule has 2 N–H and O–H groups in total. The van der Waals surface area contributed by atoms with Gasteiger partial charge in [-0.2, -0.15) is 0 Å². The number of thiophene rings is 1. The molecule has 0 fully saturated rings. The van der Waals surface area contributed by atoms with Crippen LogP contribution in [0.5, 0.6) is 0 Å². The first-order valence-corrected chi connectivity index (χ1v) is 7.49. The molecule has 0 aliphatic carbocycles. The van der Waals surface area contributed by atoms with Crippen molar-refractivity contribution in [3.63, 3.8) is 0 Å². The first-order valence-electron chi connectivity index (χ1n) is 4.27. The number of halogens is 1. The van der Waals surface area contributed by atoms with E-state index >= 15 is 0 Å². The zero-order valence-electron chi connectivity index (χ0n) is 8.31. The van der Waals surface area contributed by atoms with Gasteiger partial charge in [-0.1, -0.05) is 0 Å². The first kappa shape index (κ1) is 13.6. The third-order valence-electron chi connectivity index (χ3n) is 1.88. The minimum atomic E-state index is -3.81. The van der Waals surface area contributed by atoms with Crippen LogP contribution in [0.4, 0.5) is 0 Å². The summed E-state index contributed by atoms with van der Waals surface area (Å²) in [5, 5.41) is 8.97. The fourth-order valence-corrected chi connectivity index (χ4v) is 3.23. The number of carboxylic acids is 1. The first-order chi connectivity index (χ1) is 7.33. The molecule has 0 spiro atoms. The highest BCUT2D eigenvalue weighted by Crippen LogP contribution is 2.19. The van der Waals surface area contributed by atoms with E-state index in [4.69, 9.17) is 5.11 Å². The monoisotopic (exact) mass is 327 g/mol. The van der Waals surface area contributed by atoms with Gasteiger partial charge in [0.25, 0.3) is 0 Å². The van der Waals surface area contributed by atoms with Crippen LogP contribution in [-0.2, 0) is 21.4 Å². The molecule has 1 atom stereocenters. The van der Waals surface area contributed by atoms with Crippen LogP contribution in [0, 0.1) is 0 Å². The number of sulfonamides is 1. The Morgan fingerprint density at radius 3 is 2.75 bits per heavy atom. The summed E-state index contributed by atoms with van der Waals surface area (Å²) in [6.45, 7) is 1.24. The number of aliphatic carboxylic acids is 1. The Balaban J connectivity index is 2.65. The lowest BCUT2D eigenvalue weighted by Gasteiger charge is -2.08. The topological polar surface area (TPSA) is 83.5 Å². The van der Waals surface area contributed by atoms with Crippen molar-refractivity contribution in [3.05, 3.63) is 20.8 Å². The summed E-state index contributed by atoms with van der Waals surface area (Å²) in [5.74, 6) is -1.36. The third kappa shape index (κ3) is 3.55. The van der Waals surface area contributed by atoms with Crippen molar-refractivity contribution in [3.8, 4) is 0 Å². The molecule has 1 rings (SSSR count). The lowest BCUT2D eigenvalue weighted by atomic mass is 10.5. The highest BCUT2D eigenvalue weighted by molar-refractivity contribution is 9.10. The van der Waals surface area contributed by atoms with Gasteiger partial charge in [-0.15, -0.1) is 11.3 Å². The molecular weight excluding hydrogens is 318 g/mol. The Bertz CT molecular complexity index is 482. The Morgan fingerprint density at radius 2 is 2.31 bits per heavy atom. The van der Waals surface area contributed by atoms with E-state index in [1.54, 1.807) is 6.07 Å². The van der Waals surface area contributed by atoms with Crippen LogP contribution in [0.2, 0.25) is 0 Å². The van der Waals surface area contributed by atoms with Gasteiger partial charge < -0.3 is 5.11 Å². The summed E-state index contributed by atoms with van der Waals surface area (Å²) >= 11 is 4.63. The van der Waals surface area contributed by atoms with Crippen molar-refractivity contribution in [1.82, 2.24) is 4.72 Å². The van der Waals surface area contributed by atoms with E-state index in [2.05, 4.69) is 20.7 Å². The second-order valence-corrected chi connectivity index (χ2v) is 7.08. The van der Waals surface area contributed by atoms with E-state index in [0.29, 0.717) is 0 Å². The maximum absolute atomic E-state index is 11.5. The van der Waals surface area contributed by atoms with Crippen molar-refractivity contribution in [2.45, 2.75) is 18.7 Å². The lowest BCUT2D eigenvalue weighted by Crippen LogP contribution is -2.36. The van der Waals surface area contributed by atoms with E-state index in [9.17, 15) is 13.2 Å². The standard InChI is InChI=1S/C8H10BrNO4S2/c1-5(8(11)12)16(13,14)10-3-7-2-6(9)4-15-7/h2,4-5,10H,3H2,1H3,(H,11,12). The molecule has 0 aromatic carbocycles. The molecule has 0 aliphatic rings. The van der Waals surface area contributed by atoms with Crippen molar-refractivity contribution >= 4 is 43.3 Å². The zero-order valence-corrected chi connectivity index (χ0v) is 11.5. The van der Waals surface area contributed by atoms with Gasteiger partial charge in [0, 0.05) is 21.3 Å². The highest BCUT2D eigenvalue weighted by Gasteiger charge is 2.27. The lowest BCUT2D eigenvalue weighted by molar-refractivity contribution is -0.136. The fraction of sp³-hybridized carbons (Fsp3) is 0.375. The predicted molar refractivity (Wildman–Crippen MR) is 64.9 cm³/mol. The summed E-state index contributed by atoms with van der Waals surface area (Å²) in [6.07, 6.45) is 0. The molecule has 5 nitrogen and oxygen atoms in total. The number of hydrogen-bond donors (Lipinski definition) is 2. The SMILES string of the molecule is CC(C(=O)O)S(=O)(=O)NCc1cc(Br)cs1. The molecule has 0 radical (unpaired) electrons. The highest BCUT2D eigenvalue weighted by atomic mass is 79.9. The summed E-state index contributed by atoms with van der Waals surface area (Å²) in [7, 11) is -3.81. The third-order valence-corrected chi connectivity index (χ3v) is 5.26. The quantitative estimate of drug-likeness (QED) is 0.856. The number of nitrogens with one attached hydrogen (secondary N) is 1. The zero-order chi connectivity index (χ0) is 12.3. The average Bonchev–Trinajstić information content (AvgIpc) is 2.60. The van der Waals surface area contributed by atoms with Gasteiger partial charge in [-0.25, -0.2) is 13.1 Å². The molecule has 16 heavy (non-hydrogen) atoms. The fourth-order valence-electron chi connectivity index (χ4n) is 0.876. The summed E-state index contributed by atoms with van der Waals surface area (Å²) in [5.41, 5.74) is 0. The molecule has 1 heterocycles. The van der Waals surface area contributed by atoms with E-state index < -0.39 is 21.2 Å². The average molecular weight is 328 g/mol. The number of carbonyl (C=O) groups is 1. The number of hydrogen-bond acceptors (Lipinski definition) is 4. The molecule has 0 saturated carbocycles. The van der Waals surface area contributed by atoms with Crippen LogP contribution in [0.15, 0.2) is 15.9 Å². The summed E-state index contributed by atoms with van der Waals surface area (Å²) in [6, 6.07) is 1.78. The van der Waals surface area contributed by atoms with Crippen molar-refractivity contribution in [2.24, 2.45) is 0 Å². The molecular formula is C8H10BrNO4S2. The van der Waals surface area contributed by atoms with Gasteiger partial charge in [-0.05, 0) is 28.9 Å². The van der Waals surface area contributed by atoms with E-state index in [-0.39, 0.29) is 6.54 Å². The van der Waals surface area contributed by atoms with Crippen molar-refractivity contribution < 1.29 is 18.3 Å². The van der Waals surface area contributed by atoms with Crippen LogP contribution in [0.25, 0.3) is 0 Å². The smallest absolute Gasteiger partial charge is 0.323 e. The second kappa shape index (κ2) is 5.26. The van der Waals surface area contributed by atoms with Gasteiger partial charge >= 0.3 is 5.97 Å². The van der Waals surface area contributed by atoms with Crippen molar-refractivity contribution in [2.75, 3.05) is 0 Å². The van der Waals surface area contributed by atoms with Crippen LogP contribution in [0.1, 0.15) is 11.8 Å². The molecule has 0 amide bonds. The maximum atomic E-state index is 11.5. The van der Waals surface area contributed by atoms with Gasteiger partial charge in [0.15, 0.2) is 5.25 Å². The molecule has 0 saturated heterocycles. The van der Waals surface area contributed by atoms with Crippen LogP contribution in [-0.4, -0.2) is 24.7 Å². The van der Waals surface area contributed by atoms with Crippen LogP contribution < -0.4 is 4.72 Å². The molecule has 90 valence electrons. The van der Waals surface area contributed by atoms with E-state index in [0.717, 1.165) is 16.3 Å². The largest absolute Gasteiger partial charge is 0.480 e. The Hall–Kier alpha value is -0.440. The number of carboxylic acid groups (broad SMARTS) is 1. The van der Waals surface area contributed by atoms with E-state index in [1.165, 1.54) is 11.3 Å². The normalized spacial score (nSPS) is 13.6. The minimum Gasteiger partial charge on any atom is -0.480 e. The summed E-state index contributed by atoms with van der Waals surface area (Å²) in [4.78, 5) is 11.4. The Labute approximate surface area is 106 Å². The minimum absolute atomic E-state index is 0.107. The molecule has 1 aromatic heterocycles. The molecule has 0 bridgehead atoms. The second-order valence-electron chi connectivity index (χ2n) is 3.08. The van der Waals surface area contributed by atoms with Gasteiger partial charge in [-0.3, -0.25) is 4.79 Å². The Morgan fingerprint density at radius 1 is 1.69 bits per heavy atom. The molecule has 1 unspecified atom stereocenters. The molecule has 0 aliphatic heterocycles. The van der Waals surface area contributed by atoms with Gasteiger partial charge in [0.1, 0.15) is 0 Å². The molecule has 1 aromatic rings. The van der Waals surface area contributed by atoms with Crippen LogP contribution in [0.3, 0.4) is 0 Å². The Kier molecular flexibility index (Phi) is 4.48. The van der Waals surface area contributed by atoms with Crippen molar-refractivity contribution in [1.29, 1.82) is 0 Å². The molecule has 8 heteroatoms. The number of rotatable bonds is 5. The predicted octanol–water partition coefficient (Wildman–Crippen LogP) is 1.40. The van der Waals surface area contributed by atoms with E-state index in [1.807, 2.05) is 5.38 Å². The van der Waals surface area contributed by atoms with Gasteiger partial charge in [0.2, 0.25) is 10.0 Å². The van der Waals surface area contributed by atoms with Crippen LogP contribution >= 0.6 is 27.3 Å².